The highest BCUT2D eigenvalue weighted by molar-refractivity contribution is 6.02. The van der Waals surface area contributed by atoms with E-state index in [9.17, 15) is 14.4 Å². The number of rotatable bonds is 8. The molecule has 2 N–H and O–H groups in total. The van der Waals surface area contributed by atoms with Gasteiger partial charge in [0.1, 0.15) is 5.41 Å². The minimum atomic E-state index is -1.06. The van der Waals surface area contributed by atoms with Crippen LogP contribution in [-0.2, 0) is 31.1 Å². The number of hydrogen-bond acceptors (Lipinski definition) is 6. The van der Waals surface area contributed by atoms with Gasteiger partial charge in [0, 0.05) is 23.8 Å². The van der Waals surface area contributed by atoms with Crippen LogP contribution < -0.4 is 5.73 Å². The van der Waals surface area contributed by atoms with Gasteiger partial charge in [0.05, 0.1) is 11.0 Å². The zero-order valence-electron chi connectivity index (χ0n) is 25.4. The number of ketones is 1. The van der Waals surface area contributed by atoms with E-state index >= 15 is 0 Å². The van der Waals surface area contributed by atoms with E-state index in [0.717, 1.165) is 56.1 Å². The molecule has 1 saturated heterocycles. The Morgan fingerprint density at radius 1 is 1.14 bits per heavy atom. The zero-order chi connectivity index (χ0) is 29.4. The average Bonchev–Trinajstić information content (AvgIpc) is 3.44. The Morgan fingerprint density at radius 3 is 2.74 bits per heavy atom. The molecule has 224 valence electrons. The van der Waals surface area contributed by atoms with Gasteiger partial charge in [0.25, 0.3) is 0 Å². The van der Waals surface area contributed by atoms with E-state index in [1.54, 1.807) is 0 Å². The fraction of sp³-hybridized carbons (Fsp3) is 0.639. The Kier molecular flexibility index (Phi) is 6.62. The first-order valence-electron chi connectivity index (χ1n) is 16.5. The molecule has 0 amide bonds. The molecule has 0 bridgehead atoms. The summed E-state index contributed by atoms with van der Waals surface area (Å²) in [4.78, 5) is 42.6. The lowest BCUT2D eigenvalue weighted by molar-refractivity contribution is -0.298. The minimum absolute atomic E-state index is 0.0326. The van der Waals surface area contributed by atoms with Crippen LogP contribution in [-0.4, -0.2) is 30.4 Å². The van der Waals surface area contributed by atoms with E-state index in [2.05, 4.69) is 26.0 Å². The van der Waals surface area contributed by atoms with Crippen LogP contribution in [0, 0.1) is 34.5 Å². The predicted molar refractivity (Wildman–Crippen MR) is 159 cm³/mol. The van der Waals surface area contributed by atoms with Crippen molar-refractivity contribution >= 4 is 17.7 Å². The molecule has 8 atom stereocenters. The molecule has 6 aliphatic rings. The fourth-order valence-electron chi connectivity index (χ4n) is 10.9. The second-order valence-corrected chi connectivity index (χ2v) is 13.9. The molecule has 2 heterocycles. The summed E-state index contributed by atoms with van der Waals surface area (Å²) < 4.78 is 13.1. The molecule has 1 aromatic carbocycles. The number of nitrogens with two attached hydrogens (primary N) is 1. The van der Waals surface area contributed by atoms with E-state index in [0.29, 0.717) is 55.5 Å². The Bertz CT molecular complexity index is 1410. The van der Waals surface area contributed by atoms with Gasteiger partial charge in [-0.1, -0.05) is 68.7 Å². The van der Waals surface area contributed by atoms with Gasteiger partial charge in [0.2, 0.25) is 0 Å². The molecule has 4 aliphatic carbocycles. The molecule has 2 aliphatic heterocycles. The number of Topliss-reactive ketones (excluding diaryl/α,β-unsaturated/α-hetero) is 1. The van der Waals surface area contributed by atoms with Crippen LogP contribution in [0.5, 0.6) is 0 Å². The number of carbonyl (C=O) groups is 3. The van der Waals surface area contributed by atoms with Crippen molar-refractivity contribution < 1.29 is 23.9 Å². The first-order valence-corrected chi connectivity index (χ1v) is 16.5. The number of esters is 2. The summed E-state index contributed by atoms with van der Waals surface area (Å²) in [5.74, 6) is 0.669. The normalized spacial score (nSPS) is 39.1. The maximum atomic E-state index is 14.6. The van der Waals surface area contributed by atoms with Gasteiger partial charge in [-0.25, -0.2) is 4.79 Å². The molecule has 1 saturated carbocycles. The summed E-state index contributed by atoms with van der Waals surface area (Å²) in [5.41, 5.74) is 8.02. The molecule has 6 heteroatoms. The van der Waals surface area contributed by atoms with Crippen molar-refractivity contribution in [2.24, 2.45) is 40.2 Å². The van der Waals surface area contributed by atoms with Crippen LogP contribution >= 0.6 is 0 Å². The van der Waals surface area contributed by atoms with Crippen LogP contribution in [0.2, 0.25) is 0 Å². The summed E-state index contributed by atoms with van der Waals surface area (Å²) in [6.07, 6.45) is 12.3. The molecular formula is C36H45NO5. The largest absolute Gasteiger partial charge is 0.453 e. The lowest BCUT2D eigenvalue weighted by Gasteiger charge is -2.72. The Balaban J connectivity index is 1.49. The molecule has 42 heavy (non-hydrogen) atoms. The van der Waals surface area contributed by atoms with E-state index < -0.39 is 22.5 Å². The number of benzene rings is 1. The average molecular weight is 572 g/mol. The molecule has 1 spiro atoms. The molecule has 0 aromatic heterocycles. The molecular weight excluding hydrogens is 526 g/mol. The highest BCUT2D eigenvalue weighted by atomic mass is 16.6. The van der Waals surface area contributed by atoms with Gasteiger partial charge in [-0.05, 0) is 81.7 Å². The summed E-state index contributed by atoms with van der Waals surface area (Å²) in [6, 6.07) is 6.05. The second kappa shape index (κ2) is 9.90. The summed E-state index contributed by atoms with van der Waals surface area (Å²) in [6.45, 7) is 7.03. The van der Waals surface area contributed by atoms with E-state index in [-0.39, 0.29) is 23.6 Å². The third-order valence-electron chi connectivity index (χ3n) is 12.2. The Morgan fingerprint density at radius 2 is 1.98 bits per heavy atom. The smallest absolute Gasteiger partial charge is 0.339 e. The molecule has 6 nitrogen and oxygen atoms in total. The number of ether oxygens (including phenoxy) is 2. The van der Waals surface area contributed by atoms with Gasteiger partial charge in [-0.15, -0.1) is 0 Å². The Labute approximate surface area is 249 Å². The molecule has 8 unspecified atom stereocenters. The number of cyclic esters (lactones) is 1. The summed E-state index contributed by atoms with van der Waals surface area (Å²) in [7, 11) is 0. The monoisotopic (exact) mass is 571 g/mol. The van der Waals surface area contributed by atoms with Crippen LogP contribution in [0.25, 0.3) is 0 Å². The van der Waals surface area contributed by atoms with Crippen LogP contribution in [0.1, 0.15) is 106 Å². The minimum Gasteiger partial charge on any atom is -0.453 e. The van der Waals surface area contributed by atoms with E-state index in [4.69, 9.17) is 15.2 Å². The van der Waals surface area contributed by atoms with Crippen molar-refractivity contribution in [3.63, 3.8) is 0 Å². The molecule has 2 fully saturated rings. The standard InChI is InChI=1S/C36H45NO5/c1-4-9-28(38)31-34-19-18-25-24-14-6-11-21(3)23(24)16-17-26(25)35(34,33(40)41-31)29(10-5-2)36(34)27-15-7-12-22(13-8-20-37)30(27)32(39)42-36/h6-7,12,14-15,21,23-24,29,31H,4-5,8-11,13,16-20,37H2,1-3H3. The van der Waals surface area contributed by atoms with E-state index in [1.165, 1.54) is 11.1 Å². The number of fused-ring (bicyclic) bond motifs is 4. The SMILES string of the molecule is CCCC(=O)C1OC(=O)C23C4=C(CCC12C1(OC(=O)c2c(CCCN)cccc21)C3CCC)C1C=CCC(C)C1CC4. The lowest BCUT2D eigenvalue weighted by Crippen LogP contribution is -2.79. The van der Waals surface area contributed by atoms with Gasteiger partial charge < -0.3 is 15.2 Å². The fourth-order valence-corrected chi connectivity index (χ4v) is 10.9. The quantitative estimate of drug-likeness (QED) is 0.288. The van der Waals surface area contributed by atoms with Gasteiger partial charge in [-0.2, -0.15) is 0 Å². The van der Waals surface area contributed by atoms with Crippen molar-refractivity contribution in [2.45, 2.75) is 103 Å². The van der Waals surface area contributed by atoms with Gasteiger partial charge in [-0.3, -0.25) is 9.59 Å². The third-order valence-corrected chi connectivity index (χ3v) is 12.2. The van der Waals surface area contributed by atoms with Crippen molar-refractivity contribution in [1.29, 1.82) is 0 Å². The van der Waals surface area contributed by atoms with Gasteiger partial charge >= 0.3 is 11.9 Å². The van der Waals surface area contributed by atoms with Crippen molar-refractivity contribution in [3.05, 3.63) is 58.2 Å². The number of allylic oxidation sites excluding steroid dienone is 3. The molecule has 0 radical (unpaired) electrons. The number of aryl methyl sites for hydroxylation is 1. The van der Waals surface area contributed by atoms with Crippen molar-refractivity contribution in [3.8, 4) is 0 Å². The highest BCUT2D eigenvalue weighted by Gasteiger charge is 2.94. The topological polar surface area (TPSA) is 95.7 Å². The summed E-state index contributed by atoms with van der Waals surface area (Å²) in [5, 5.41) is 0. The first kappa shape index (κ1) is 28.1. The maximum absolute atomic E-state index is 14.6. The van der Waals surface area contributed by atoms with Crippen LogP contribution in [0.15, 0.2) is 41.5 Å². The number of hydrogen-bond donors (Lipinski definition) is 1. The molecule has 7 rings (SSSR count). The van der Waals surface area contributed by atoms with Crippen LogP contribution in [0.3, 0.4) is 0 Å². The second-order valence-electron chi connectivity index (χ2n) is 13.9. The van der Waals surface area contributed by atoms with Crippen molar-refractivity contribution in [2.75, 3.05) is 6.54 Å². The van der Waals surface area contributed by atoms with Crippen molar-refractivity contribution in [1.82, 2.24) is 0 Å². The maximum Gasteiger partial charge on any atom is 0.339 e. The van der Waals surface area contributed by atoms with Gasteiger partial charge in [0.15, 0.2) is 17.5 Å². The lowest BCUT2D eigenvalue weighted by atomic mass is 9.28. The predicted octanol–water partition coefficient (Wildman–Crippen LogP) is 6.35. The zero-order valence-corrected chi connectivity index (χ0v) is 25.4. The number of carbonyl (C=O) groups excluding carboxylic acids is 3. The van der Waals surface area contributed by atoms with E-state index in [1.807, 2.05) is 25.1 Å². The summed E-state index contributed by atoms with van der Waals surface area (Å²) >= 11 is 0. The van der Waals surface area contributed by atoms with Crippen LogP contribution in [0.4, 0.5) is 0 Å². The molecule has 1 aromatic rings. The third kappa shape index (κ3) is 3.12. The first-order chi connectivity index (χ1) is 20.3. The highest BCUT2D eigenvalue weighted by Crippen LogP contribution is 2.86. The Hall–Kier alpha value is -2.73.